The number of benzene rings is 1. The van der Waals surface area contributed by atoms with Crippen molar-refractivity contribution in [2.24, 2.45) is 17.8 Å². The molecule has 0 unspecified atom stereocenters. The van der Waals surface area contributed by atoms with Crippen molar-refractivity contribution < 1.29 is 14.4 Å². The summed E-state index contributed by atoms with van der Waals surface area (Å²) in [5.74, 6) is 1.85. The predicted octanol–water partition coefficient (Wildman–Crippen LogP) is 3.42. The third kappa shape index (κ3) is 5.20. The zero-order valence-electron chi connectivity index (χ0n) is 18.5. The molecule has 1 aromatic rings. The first-order valence-electron chi connectivity index (χ1n) is 11.6. The van der Waals surface area contributed by atoms with Crippen molar-refractivity contribution in [3.63, 3.8) is 0 Å². The Morgan fingerprint density at radius 2 is 1.61 bits per heavy atom. The summed E-state index contributed by atoms with van der Waals surface area (Å²) in [7, 11) is 0. The van der Waals surface area contributed by atoms with E-state index in [1.54, 1.807) is 24.3 Å². The second-order valence-electron chi connectivity index (χ2n) is 10.1. The van der Waals surface area contributed by atoms with Crippen LogP contribution in [0, 0.1) is 17.8 Å². The van der Waals surface area contributed by atoms with Crippen molar-refractivity contribution in [2.75, 3.05) is 11.9 Å². The molecule has 4 fully saturated rings. The summed E-state index contributed by atoms with van der Waals surface area (Å²) in [5.41, 5.74) is 0.866. The Labute approximate surface area is 184 Å². The summed E-state index contributed by atoms with van der Waals surface area (Å²) in [6, 6.07) is 6.77. The van der Waals surface area contributed by atoms with Gasteiger partial charge in [-0.3, -0.25) is 9.59 Å². The summed E-state index contributed by atoms with van der Waals surface area (Å²) >= 11 is 0. The van der Waals surface area contributed by atoms with Gasteiger partial charge in [-0.25, -0.2) is 4.79 Å². The van der Waals surface area contributed by atoms with E-state index in [1.807, 2.05) is 13.8 Å². The zero-order chi connectivity index (χ0) is 22.0. The number of urea groups is 1. The fourth-order valence-corrected chi connectivity index (χ4v) is 6.18. The summed E-state index contributed by atoms with van der Waals surface area (Å²) in [4.78, 5) is 37.2. The van der Waals surface area contributed by atoms with Gasteiger partial charge in [0.05, 0.1) is 11.3 Å². The minimum atomic E-state index is -0.236. The third-order valence-corrected chi connectivity index (χ3v) is 6.92. The summed E-state index contributed by atoms with van der Waals surface area (Å²) < 4.78 is 0. The number of nitrogens with one attached hydrogen (secondary N) is 4. The molecule has 4 N–H and O–H groups in total. The van der Waals surface area contributed by atoms with Gasteiger partial charge in [0, 0.05) is 24.5 Å². The zero-order valence-corrected chi connectivity index (χ0v) is 18.5. The number of anilines is 1. The van der Waals surface area contributed by atoms with Crippen LogP contribution in [0.5, 0.6) is 0 Å². The van der Waals surface area contributed by atoms with Gasteiger partial charge in [0.2, 0.25) is 5.91 Å². The Bertz CT molecular complexity index is 816. The van der Waals surface area contributed by atoms with Crippen LogP contribution >= 0.6 is 0 Å². The maximum Gasteiger partial charge on any atom is 0.315 e. The molecule has 1 aromatic carbocycles. The van der Waals surface area contributed by atoms with Crippen LogP contribution in [0.1, 0.15) is 69.2 Å². The molecule has 4 saturated carbocycles. The molecule has 5 rings (SSSR count). The largest absolute Gasteiger partial charge is 0.350 e. The molecular formula is C24H34N4O3. The van der Waals surface area contributed by atoms with Crippen molar-refractivity contribution in [2.45, 2.75) is 70.4 Å². The Kier molecular flexibility index (Phi) is 6.21. The molecule has 0 saturated heterocycles. The Balaban J connectivity index is 1.24. The fraction of sp³-hybridized carbons (Fsp3) is 0.625. The first-order chi connectivity index (χ1) is 14.8. The summed E-state index contributed by atoms with van der Waals surface area (Å²) in [5, 5.41) is 11.7. The van der Waals surface area contributed by atoms with Crippen molar-refractivity contribution in [1.29, 1.82) is 0 Å². The van der Waals surface area contributed by atoms with Crippen LogP contribution in [0.4, 0.5) is 10.5 Å². The van der Waals surface area contributed by atoms with E-state index in [0.717, 1.165) is 37.0 Å². The highest BCUT2D eigenvalue weighted by atomic mass is 16.2. The minimum Gasteiger partial charge on any atom is -0.350 e. The average Bonchev–Trinajstić information content (AvgIpc) is 2.66. The smallest absolute Gasteiger partial charge is 0.315 e. The van der Waals surface area contributed by atoms with Crippen LogP contribution in [0.2, 0.25) is 0 Å². The number of carbonyl (C=O) groups is 3. The maximum absolute atomic E-state index is 12.5. The molecule has 0 spiro atoms. The minimum absolute atomic E-state index is 0.00735. The van der Waals surface area contributed by atoms with Gasteiger partial charge >= 0.3 is 6.03 Å². The standard InChI is InChI=1S/C24H34N4O3/c1-15(2)26-22(30)19-5-3-4-6-20(19)27-21(29)7-8-25-23(31)28-24-12-16-9-17(13-24)11-18(10-16)14-24/h3-6,15-18H,7-14H2,1-2H3,(H,26,30)(H,27,29)(H2,25,28,31). The lowest BCUT2D eigenvalue weighted by atomic mass is 9.53. The van der Waals surface area contributed by atoms with Crippen LogP contribution in [-0.4, -0.2) is 36.0 Å². The monoisotopic (exact) mass is 426 g/mol. The van der Waals surface area contributed by atoms with Crippen molar-refractivity contribution in [3.8, 4) is 0 Å². The molecule has 7 heteroatoms. The molecule has 0 aliphatic heterocycles. The molecule has 0 atom stereocenters. The van der Waals surface area contributed by atoms with Gasteiger partial charge in [0.15, 0.2) is 0 Å². The number of hydrogen-bond donors (Lipinski definition) is 4. The molecule has 7 nitrogen and oxygen atoms in total. The van der Waals surface area contributed by atoms with Crippen LogP contribution in [0.25, 0.3) is 0 Å². The van der Waals surface area contributed by atoms with Gasteiger partial charge in [0.25, 0.3) is 5.91 Å². The number of carbonyl (C=O) groups excluding carboxylic acids is 3. The lowest BCUT2D eigenvalue weighted by Crippen LogP contribution is -2.61. The van der Waals surface area contributed by atoms with Gasteiger partial charge in [-0.1, -0.05) is 12.1 Å². The van der Waals surface area contributed by atoms with Crippen molar-refractivity contribution >= 4 is 23.5 Å². The van der Waals surface area contributed by atoms with E-state index in [1.165, 1.54) is 19.3 Å². The molecule has 0 heterocycles. The predicted molar refractivity (Wildman–Crippen MR) is 120 cm³/mol. The van der Waals surface area contributed by atoms with E-state index in [4.69, 9.17) is 0 Å². The van der Waals surface area contributed by atoms with E-state index in [-0.39, 0.29) is 42.4 Å². The molecule has 4 aliphatic rings. The molecule has 31 heavy (non-hydrogen) atoms. The second kappa shape index (κ2) is 8.89. The quantitative estimate of drug-likeness (QED) is 0.538. The summed E-state index contributed by atoms with van der Waals surface area (Å²) in [6.07, 6.45) is 7.44. The molecule has 4 amide bonds. The van der Waals surface area contributed by atoms with Crippen LogP contribution < -0.4 is 21.3 Å². The Hall–Kier alpha value is -2.57. The number of amides is 4. The van der Waals surface area contributed by atoms with Gasteiger partial charge < -0.3 is 21.3 Å². The summed E-state index contributed by atoms with van der Waals surface area (Å²) in [6.45, 7) is 4.03. The molecule has 4 aliphatic carbocycles. The molecule has 0 radical (unpaired) electrons. The lowest BCUT2D eigenvalue weighted by Gasteiger charge is -2.56. The van der Waals surface area contributed by atoms with Gasteiger partial charge in [-0.2, -0.15) is 0 Å². The van der Waals surface area contributed by atoms with Crippen LogP contribution in [0.15, 0.2) is 24.3 Å². The SMILES string of the molecule is CC(C)NC(=O)c1ccccc1NC(=O)CCNC(=O)NC12CC3CC(CC(C3)C1)C2. The number of hydrogen-bond acceptors (Lipinski definition) is 3. The van der Waals surface area contributed by atoms with E-state index in [0.29, 0.717) is 11.3 Å². The molecule has 4 bridgehead atoms. The third-order valence-electron chi connectivity index (χ3n) is 6.92. The fourth-order valence-electron chi connectivity index (χ4n) is 6.18. The highest BCUT2D eigenvalue weighted by molar-refractivity contribution is 6.03. The molecule has 0 aromatic heterocycles. The number of rotatable bonds is 7. The molecule has 168 valence electrons. The Morgan fingerprint density at radius 3 is 2.23 bits per heavy atom. The lowest BCUT2D eigenvalue weighted by molar-refractivity contribution is -0.116. The van der Waals surface area contributed by atoms with Gasteiger partial charge in [-0.05, 0) is 82.3 Å². The van der Waals surface area contributed by atoms with Crippen LogP contribution in [-0.2, 0) is 4.79 Å². The average molecular weight is 427 g/mol. The first kappa shape index (κ1) is 21.7. The van der Waals surface area contributed by atoms with Crippen LogP contribution in [0.3, 0.4) is 0 Å². The van der Waals surface area contributed by atoms with Crippen molar-refractivity contribution in [1.82, 2.24) is 16.0 Å². The van der Waals surface area contributed by atoms with E-state index in [2.05, 4.69) is 21.3 Å². The normalized spacial score (nSPS) is 28.3. The van der Waals surface area contributed by atoms with E-state index >= 15 is 0 Å². The molecular weight excluding hydrogens is 392 g/mol. The van der Waals surface area contributed by atoms with Crippen molar-refractivity contribution in [3.05, 3.63) is 29.8 Å². The van der Waals surface area contributed by atoms with Gasteiger partial charge in [-0.15, -0.1) is 0 Å². The second-order valence-corrected chi connectivity index (χ2v) is 10.1. The number of para-hydroxylation sites is 1. The highest BCUT2D eigenvalue weighted by Gasteiger charge is 2.51. The van der Waals surface area contributed by atoms with E-state index < -0.39 is 0 Å². The Morgan fingerprint density at radius 1 is 1.00 bits per heavy atom. The first-order valence-corrected chi connectivity index (χ1v) is 11.6. The highest BCUT2D eigenvalue weighted by Crippen LogP contribution is 2.55. The topological polar surface area (TPSA) is 99.3 Å². The van der Waals surface area contributed by atoms with E-state index in [9.17, 15) is 14.4 Å². The maximum atomic E-state index is 12.5. The van der Waals surface area contributed by atoms with Gasteiger partial charge in [0.1, 0.15) is 0 Å².